The predicted molar refractivity (Wildman–Crippen MR) is 234 cm³/mol. The summed E-state index contributed by atoms with van der Waals surface area (Å²) in [4.78, 5) is 43.0. The molecule has 0 rings (SSSR count). The molecule has 2 N–H and O–H groups in total. The molecule has 0 aliphatic rings. The van der Waals surface area contributed by atoms with Gasteiger partial charge in [-0.15, -0.1) is 0 Å². The van der Waals surface area contributed by atoms with Gasteiger partial charge in [0.2, 0.25) is 0 Å². The summed E-state index contributed by atoms with van der Waals surface area (Å²) in [5, 5.41) is 0. The van der Waals surface area contributed by atoms with Crippen molar-refractivity contribution >= 4 is 19.8 Å². The third kappa shape index (κ3) is 44.7. The van der Waals surface area contributed by atoms with Crippen LogP contribution >= 0.6 is 7.82 Å². The predicted octanol–water partition coefficient (Wildman–Crippen LogP) is 14.3. The molecule has 56 heavy (non-hydrogen) atoms. The highest BCUT2D eigenvalue weighted by Crippen LogP contribution is 2.36. The topological polar surface area (TPSA) is 119 Å². The van der Waals surface area contributed by atoms with E-state index in [1.165, 1.54) is 116 Å². The van der Waals surface area contributed by atoms with Gasteiger partial charge in [-0.25, -0.2) is 4.57 Å². The van der Waals surface area contributed by atoms with Gasteiger partial charge < -0.3 is 19.3 Å². The van der Waals surface area contributed by atoms with E-state index in [9.17, 15) is 14.2 Å². The molecule has 0 fully saturated rings. The molecule has 9 heteroatoms. The molecule has 0 saturated carbocycles. The first-order valence-electron chi connectivity index (χ1n) is 22.9. The van der Waals surface area contributed by atoms with Crippen LogP contribution in [0, 0.1) is 0 Å². The van der Waals surface area contributed by atoms with Crippen molar-refractivity contribution in [3.05, 3.63) is 48.6 Å². The number of rotatable bonds is 42. The van der Waals surface area contributed by atoms with Crippen LogP contribution in [-0.2, 0) is 28.2 Å². The molecule has 0 aliphatic heterocycles. The summed E-state index contributed by atoms with van der Waals surface area (Å²) in [6.07, 6.45) is 52.6. The van der Waals surface area contributed by atoms with Crippen molar-refractivity contribution in [2.24, 2.45) is 0 Å². The van der Waals surface area contributed by atoms with E-state index in [1.54, 1.807) is 0 Å². The van der Waals surface area contributed by atoms with Crippen molar-refractivity contribution in [2.45, 2.75) is 225 Å². The van der Waals surface area contributed by atoms with Gasteiger partial charge in [0.05, 0.1) is 6.61 Å². The van der Waals surface area contributed by atoms with Crippen LogP contribution in [0.3, 0.4) is 0 Å². The normalized spacial score (nSPS) is 12.9. The number of phosphoric acid groups is 1. The number of hydrogen-bond donors (Lipinski definition) is 2. The minimum atomic E-state index is -4.76. The van der Waals surface area contributed by atoms with Gasteiger partial charge in [-0.05, 0) is 51.4 Å². The van der Waals surface area contributed by atoms with Gasteiger partial charge in [0, 0.05) is 12.8 Å². The largest absolute Gasteiger partial charge is 0.469 e. The van der Waals surface area contributed by atoms with E-state index < -0.39 is 32.5 Å². The number of unbranched alkanes of at least 4 members (excludes halogenated alkanes) is 24. The minimum absolute atomic E-state index is 0.203. The number of carbonyl (C=O) groups is 2. The number of phosphoric ester groups is 1. The van der Waals surface area contributed by atoms with Crippen LogP contribution in [-0.4, -0.2) is 41.0 Å². The minimum Gasteiger partial charge on any atom is -0.462 e. The molecule has 0 aliphatic carbocycles. The summed E-state index contributed by atoms with van der Waals surface area (Å²) in [6, 6.07) is 0. The molecular weight excluding hydrogens is 723 g/mol. The van der Waals surface area contributed by atoms with Crippen molar-refractivity contribution in [1.29, 1.82) is 0 Å². The molecule has 0 spiro atoms. The zero-order valence-electron chi connectivity index (χ0n) is 36.0. The summed E-state index contributed by atoms with van der Waals surface area (Å²) >= 11 is 0. The van der Waals surface area contributed by atoms with E-state index in [2.05, 4.69) is 67.0 Å². The number of carbonyl (C=O) groups excluding carboxylic acids is 2. The monoisotopic (exact) mass is 809 g/mol. The summed E-state index contributed by atoms with van der Waals surface area (Å²) in [6.45, 7) is 3.59. The fraction of sp³-hybridized carbons (Fsp3) is 0.787. The molecule has 0 heterocycles. The van der Waals surface area contributed by atoms with Gasteiger partial charge in [0.15, 0.2) is 6.10 Å². The van der Waals surface area contributed by atoms with Crippen molar-refractivity contribution in [1.82, 2.24) is 0 Å². The zero-order chi connectivity index (χ0) is 41.1. The first-order chi connectivity index (χ1) is 27.3. The lowest BCUT2D eigenvalue weighted by Gasteiger charge is -2.18. The zero-order valence-corrected chi connectivity index (χ0v) is 36.9. The van der Waals surface area contributed by atoms with Gasteiger partial charge in [0.1, 0.15) is 6.61 Å². The Labute approximate surface area is 344 Å². The second kappa shape index (κ2) is 42.6. The Balaban J connectivity index is 3.88. The molecule has 1 unspecified atom stereocenters. The first kappa shape index (κ1) is 54.0. The Hall–Kier alpha value is -1.99. The molecule has 1 atom stereocenters. The molecule has 0 bridgehead atoms. The highest BCUT2D eigenvalue weighted by atomic mass is 31.2. The summed E-state index contributed by atoms with van der Waals surface area (Å²) in [7, 11) is -4.76. The summed E-state index contributed by atoms with van der Waals surface area (Å²) < 4.78 is 26.5. The third-order valence-electron chi connectivity index (χ3n) is 9.86. The number of allylic oxidation sites excluding steroid dienone is 8. The first-order valence-corrected chi connectivity index (χ1v) is 24.5. The summed E-state index contributed by atoms with van der Waals surface area (Å²) in [5.41, 5.74) is 0. The van der Waals surface area contributed by atoms with Gasteiger partial charge in [0.25, 0.3) is 0 Å². The van der Waals surface area contributed by atoms with E-state index in [0.717, 1.165) is 70.6 Å². The maximum Gasteiger partial charge on any atom is 0.469 e. The van der Waals surface area contributed by atoms with Crippen LogP contribution in [0.2, 0.25) is 0 Å². The Morgan fingerprint density at radius 1 is 0.482 bits per heavy atom. The number of ether oxygens (including phenoxy) is 2. The molecule has 8 nitrogen and oxygen atoms in total. The van der Waals surface area contributed by atoms with Crippen LogP contribution in [0.15, 0.2) is 48.6 Å². The average Bonchev–Trinajstić information content (AvgIpc) is 3.17. The van der Waals surface area contributed by atoms with Crippen LogP contribution < -0.4 is 0 Å². The van der Waals surface area contributed by atoms with Crippen LogP contribution in [0.25, 0.3) is 0 Å². The SMILES string of the molecule is CC/C=C\C/C=C\C/C=C\C/C=C\CCCCCCCCCCC(=O)OC(COC(=O)CCCCCCCCCCCCCCCCCCC)COP(=O)(O)O. The third-order valence-corrected chi connectivity index (χ3v) is 10.3. The maximum absolute atomic E-state index is 12.4. The maximum atomic E-state index is 12.4. The van der Waals surface area contributed by atoms with Crippen LogP contribution in [0.4, 0.5) is 0 Å². The molecule has 0 aromatic rings. The molecule has 0 amide bonds. The Morgan fingerprint density at radius 2 is 0.857 bits per heavy atom. The Morgan fingerprint density at radius 3 is 1.29 bits per heavy atom. The number of hydrogen-bond acceptors (Lipinski definition) is 6. The van der Waals surface area contributed by atoms with Crippen molar-refractivity contribution in [3.8, 4) is 0 Å². The van der Waals surface area contributed by atoms with Gasteiger partial charge in [-0.2, -0.15) is 0 Å². The van der Waals surface area contributed by atoms with Crippen molar-refractivity contribution in [3.63, 3.8) is 0 Å². The second-order valence-corrected chi connectivity index (χ2v) is 16.6. The Kier molecular flexibility index (Phi) is 41.1. The lowest BCUT2D eigenvalue weighted by atomic mass is 10.0. The quantitative estimate of drug-likeness (QED) is 0.0271. The summed E-state index contributed by atoms with van der Waals surface area (Å²) in [5.74, 6) is -0.887. The molecular formula is C47H85O8P. The van der Waals surface area contributed by atoms with Crippen LogP contribution in [0.1, 0.15) is 219 Å². The highest BCUT2D eigenvalue weighted by molar-refractivity contribution is 7.46. The fourth-order valence-electron chi connectivity index (χ4n) is 6.48. The van der Waals surface area contributed by atoms with Crippen molar-refractivity contribution < 1.29 is 37.9 Å². The second-order valence-electron chi connectivity index (χ2n) is 15.4. The van der Waals surface area contributed by atoms with Gasteiger partial charge in [-0.3, -0.25) is 14.1 Å². The van der Waals surface area contributed by atoms with E-state index in [-0.39, 0.29) is 19.4 Å². The van der Waals surface area contributed by atoms with E-state index in [1.807, 2.05) is 0 Å². The molecule has 0 aromatic heterocycles. The fourth-order valence-corrected chi connectivity index (χ4v) is 6.84. The van der Waals surface area contributed by atoms with E-state index in [0.29, 0.717) is 6.42 Å². The molecule has 0 saturated heterocycles. The van der Waals surface area contributed by atoms with Gasteiger partial charge in [-0.1, -0.05) is 204 Å². The molecule has 0 aromatic carbocycles. The van der Waals surface area contributed by atoms with Crippen molar-refractivity contribution in [2.75, 3.05) is 13.2 Å². The van der Waals surface area contributed by atoms with Crippen LogP contribution in [0.5, 0.6) is 0 Å². The lowest BCUT2D eigenvalue weighted by Crippen LogP contribution is -2.29. The van der Waals surface area contributed by atoms with E-state index >= 15 is 0 Å². The Bertz CT molecular complexity index is 1050. The smallest absolute Gasteiger partial charge is 0.462 e. The standard InChI is InChI=1S/C47H85O8P/c1-3-5-7-9-11-13-15-17-19-21-22-23-24-26-28-30-32-34-36-38-40-42-47(49)55-45(44-54-56(50,51)52)43-53-46(48)41-39-37-35-33-31-29-27-25-20-18-16-14-12-10-8-6-4-2/h5,7,11,13,17,19,22-23,45H,3-4,6,8-10,12,14-16,18,20-21,24-44H2,1-2H3,(H2,50,51,52)/b7-5-,13-11-,19-17-,23-22-. The lowest BCUT2D eigenvalue weighted by molar-refractivity contribution is -0.161. The molecule has 0 radical (unpaired) electrons. The van der Waals surface area contributed by atoms with E-state index in [4.69, 9.17) is 19.3 Å². The molecule has 326 valence electrons. The van der Waals surface area contributed by atoms with Gasteiger partial charge >= 0.3 is 19.8 Å². The highest BCUT2D eigenvalue weighted by Gasteiger charge is 2.23. The average molecular weight is 809 g/mol. The number of esters is 2.